The molecule has 0 atom stereocenters. The second-order valence-corrected chi connectivity index (χ2v) is 12.0. The first-order valence-corrected chi connectivity index (χ1v) is 15.5. The quantitative estimate of drug-likeness (QED) is 0.294. The average Bonchev–Trinajstić information content (AvgIpc) is 3.73. The first-order valence-electron chi connectivity index (χ1n) is 14.7. The number of nitriles is 1. The van der Waals surface area contributed by atoms with Gasteiger partial charge in [-0.25, -0.2) is 9.50 Å². The van der Waals surface area contributed by atoms with Crippen LogP contribution in [0, 0.1) is 17.2 Å². The summed E-state index contributed by atoms with van der Waals surface area (Å²) in [6.45, 7) is 7.34. The molecule has 5 aromatic heterocycles. The molecule has 7 rings (SSSR count). The van der Waals surface area contributed by atoms with Gasteiger partial charge in [-0.3, -0.25) is 9.88 Å². The zero-order chi connectivity index (χ0) is 29.2. The van der Waals surface area contributed by atoms with Gasteiger partial charge in [0.25, 0.3) is 0 Å². The second-order valence-electron chi connectivity index (χ2n) is 11.1. The Morgan fingerprint density at radius 3 is 2.58 bits per heavy atom. The van der Waals surface area contributed by atoms with E-state index >= 15 is 0 Å². The SMILES string of the molecule is CNc1cc(-c2ccc3cc(C#N)cnn23)ncc1-c1nnc(N2CCN(CC3CCN(c4ccccn4)CC3)CC2)s1. The van der Waals surface area contributed by atoms with Crippen LogP contribution in [0.2, 0.25) is 0 Å². The molecule has 0 saturated carbocycles. The Balaban J connectivity index is 0.972. The number of hydrogen-bond acceptors (Lipinski definition) is 11. The molecule has 0 bridgehead atoms. The number of pyridine rings is 2. The standard InChI is InChI=1S/C31H33N11S/c1-33-26-17-27(28-6-5-24-16-23(18-32)19-36-42(24)28)35-20-25(26)30-37-38-31(43-30)41-14-12-39(13-15-41)21-22-7-10-40(11-8-22)29-4-2-3-9-34-29/h2-6,9,16-17,19-20,22H,7-8,10-15,21H2,1H3,(H,33,35). The first-order chi connectivity index (χ1) is 21.2. The molecule has 2 fully saturated rings. The lowest BCUT2D eigenvalue weighted by molar-refractivity contribution is 0.201. The van der Waals surface area contributed by atoms with Crippen molar-refractivity contribution < 1.29 is 0 Å². The molecule has 0 aliphatic carbocycles. The minimum absolute atomic E-state index is 0.530. The van der Waals surface area contributed by atoms with Gasteiger partial charge in [0, 0.05) is 70.9 Å². The van der Waals surface area contributed by atoms with E-state index in [0.717, 1.165) is 89.3 Å². The summed E-state index contributed by atoms with van der Waals surface area (Å²) in [7, 11) is 1.90. The smallest absolute Gasteiger partial charge is 0.208 e. The van der Waals surface area contributed by atoms with Crippen molar-refractivity contribution >= 4 is 33.5 Å². The third kappa shape index (κ3) is 5.61. The lowest BCUT2D eigenvalue weighted by atomic mass is 9.96. The maximum absolute atomic E-state index is 9.19. The van der Waals surface area contributed by atoms with Crippen LogP contribution in [0.25, 0.3) is 27.5 Å². The van der Waals surface area contributed by atoms with Crippen LogP contribution >= 0.6 is 11.3 Å². The molecule has 218 valence electrons. The fraction of sp³-hybridized carbons (Fsp3) is 0.355. The Morgan fingerprint density at radius 2 is 1.81 bits per heavy atom. The number of piperazine rings is 1. The van der Waals surface area contributed by atoms with Crippen molar-refractivity contribution in [1.29, 1.82) is 5.26 Å². The Morgan fingerprint density at radius 1 is 0.953 bits per heavy atom. The summed E-state index contributed by atoms with van der Waals surface area (Å²) in [6, 6.07) is 16.0. The van der Waals surface area contributed by atoms with E-state index in [1.807, 2.05) is 49.8 Å². The van der Waals surface area contributed by atoms with Gasteiger partial charge in [0.1, 0.15) is 11.9 Å². The lowest BCUT2D eigenvalue weighted by Crippen LogP contribution is -2.49. The minimum atomic E-state index is 0.530. The van der Waals surface area contributed by atoms with Gasteiger partial charge in [0.05, 0.1) is 34.2 Å². The fourth-order valence-electron chi connectivity index (χ4n) is 6.05. The Hall–Kier alpha value is -4.60. The van der Waals surface area contributed by atoms with Crippen LogP contribution in [0.5, 0.6) is 0 Å². The number of piperidine rings is 1. The lowest BCUT2D eigenvalue weighted by Gasteiger charge is -2.39. The molecule has 2 saturated heterocycles. The van der Waals surface area contributed by atoms with Gasteiger partial charge in [-0.2, -0.15) is 10.4 Å². The highest BCUT2D eigenvalue weighted by molar-refractivity contribution is 7.18. The molecule has 7 heterocycles. The second kappa shape index (κ2) is 11.9. The molecule has 0 unspecified atom stereocenters. The fourth-order valence-corrected chi connectivity index (χ4v) is 6.97. The highest BCUT2D eigenvalue weighted by Crippen LogP contribution is 2.35. The number of nitrogens with zero attached hydrogens (tertiary/aromatic N) is 10. The maximum atomic E-state index is 9.19. The highest BCUT2D eigenvalue weighted by atomic mass is 32.1. The van der Waals surface area contributed by atoms with E-state index in [-0.39, 0.29) is 0 Å². The maximum Gasteiger partial charge on any atom is 0.208 e. The van der Waals surface area contributed by atoms with Gasteiger partial charge in [0.2, 0.25) is 5.13 Å². The molecule has 12 heteroatoms. The summed E-state index contributed by atoms with van der Waals surface area (Å²) in [5.41, 5.74) is 4.88. The van der Waals surface area contributed by atoms with Gasteiger partial charge in [-0.05, 0) is 55.2 Å². The minimum Gasteiger partial charge on any atom is -0.387 e. The van der Waals surface area contributed by atoms with Crippen molar-refractivity contribution in [2.24, 2.45) is 5.92 Å². The van der Waals surface area contributed by atoms with Gasteiger partial charge in [-0.15, -0.1) is 10.2 Å². The average molecular weight is 592 g/mol. The summed E-state index contributed by atoms with van der Waals surface area (Å²) in [6.07, 6.45) is 7.74. The largest absolute Gasteiger partial charge is 0.387 e. The van der Waals surface area contributed by atoms with Crippen LogP contribution in [0.3, 0.4) is 0 Å². The zero-order valence-electron chi connectivity index (χ0n) is 24.1. The summed E-state index contributed by atoms with van der Waals surface area (Å²) in [5, 5.41) is 27.8. The number of anilines is 3. The van der Waals surface area contributed by atoms with E-state index in [0.29, 0.717) is 5.56 Å². The van der Waals surface area contributed by atoms with Gasteiger partial charge in [-0.1, -0.05) is 17.4 Å². The topological polar surface area (TPSA) is 114 Å². The van der Waals surface area contributed by atoms with Crippen LogP contribution in [-0.4, -0.2) is 87.5 Å². The molecule has 1 N–H and O–H groups in total. The van der Waals surface area contributed by atoms with Crippen LogP contribution in [-0.2, 0) is 0 Å². The third-order valence-electron chi connectivity index (χ3n) is 8.46. The number of nitrogens with one attached hydrogen (secondary N) is 1. The predicted molar refractivity (Wildman–Crippen MR) is 169 cm³/mol. The molecule has 43 heavy (non-hydrogen) atoms. The monoisotopic (exact) mass is 591 g/mol. The summed E-state index contributed by atoms with van der Waals surface area (Å²) < 4.78 is 1.80. The van der Waals surface area contributed by atoms with Crippen molar-refractivity contribution in [3.8, 4) is 28.0 Å². The van der Waals surface area contributed by atoms with E-state index in [1.165, 1.54) is 19.4 Å². The Labute approximate surface area is 254 Å². The first kappa shape index (κ1) is 27.2. The Bertz CT molecular complexity index is 1740. The van der Waals surface area contributed by atoms with Crippen LogP contribution in [0.15, 0.2) is 61.1 Å². The van der Waals surface area contributed by atoms with E-state index < -0.39 is 0 Å². The number of fused-ring (bicyclic) bond motifs is 1. The number of aromatic nitrogens is 6. The number of rotatable bonds is 7. The van der Waals surface area contributed by atoms with E-state index in [1.54, 1.807) is 22.0 Å². The van der Waals surface area contributed by atoms with Crippen LogP contribution in [0.1, 0.15) is 18.4 Å². The summed E-state index contributed by atoms with van der Waals surface area (Å²) in [5.74, 6) is 1.84. The van der Waals surface area contributed by atoms with Crippen LogP contribution in [0.4, 0.5) is 16.6 Å². The van der Waals surface area contributed by atoms with E-state index in [4.69, 9.17) is 4.98 Å². The van der Waals surface area contributed by atoms with E-state index in [9.17, 15) is 5.26 Å². The normalized spacial score (nSPS) is 16.5. The van der Waals surface area contributed by atoms with Crippen molar-refractivity contribution in [3.05, 3.63) is 66.6 Å². The van der Waals surface area contributed by atoms with Gasteiger partial charge in [0.15, 0.2) is 5.01 Å². The van der Waals surface area contributed by atoms with Crippen molar-refractivity contribution in [3.63, 3.8) is 0 Å². The molecule has 2 aliphatic heterocycles. The molecule has 0 radical (unpaired) electrons. The summed E-state index contributed by atoms with van der Waals surface area (Å²) in [4.78, 5) is 16.7. The third-order valence-corrected chi connectivity index (χ3v) is 9.47. The number of hydrogen-bond donors (Lipinski definition) is 1. The van der Waals surface area contributed by atoms with Gasteiger partial charge >= 0.3 is 0 Å². The van der Waals surface area contributed by atoms with Crippen LogP contribution < -0.4 is 15.1 Å². The van der Waals surface area contributed by atoms with Gasteiger partial charge < -0.3 is 15.1 Å². The van der Waals surface area contributed by atoms with E-state index in [2.05, 4.69) is 58.5 Å². The van der Waals surface area contributed by atoms with Crippen molar-refractivity contribution in [1.82, 2.24) is 34.7 Å². The molecule has 2 aliphatic rings. The van der Waals surface area contributed by atoms with Crippen molar-refractivity contribution in [2.45, 2.75) is 12.8 Å². The highest BCUT2D eigenvalue weighted by Gasteiger charge is 2.26. The summed E-state index contributed by atoms with van der Waals surface area (Å²) >= 11 is 1.61. The molecule has 5 aromatic rings. The molecule has 0 amide bonds. The Kier molecular flexibility index (Phi) is 7.57. The molecular formula is C31H33N11S. The molecule has 0 aromatic carbocycles. The zero-order valence-corrected chi connectivity index (χ0v) is 24.9. The van der Waals surface area contributed by atoms with Crippen molar-refractivity contribution in [2.75, 3.05) is 68.0 Å². The molecule has 0 spiro atoms. The molecule has 11 nitrogen and oxygen atoms in total. The molecular weight excluding hydrogens is 558 g/mol. The predicted octanol–water partition coefficient (Wildman–Crippen LogP) is 4.26.